The summed E-state index contributed by atoms with van der Waals surface area (Å²) in [7, 11) is 0. The monoisotopic (exact) mass is 314 g/mol. The van der Waals surface area contributed by atoms with Crippen LogP contribution >= 0.6 is 11.3 Å². The number of likely N-dealkylation sites (tertiary alicyclic amines) is 1. The number of rotatable bonds is 2. The van der Waals surface area contributed by atoms with Gasteiger partial charge in [-0.05, 0) is 31.4 Å². The van der Waals surface area contributed by atoms with E-state index in [1.807, 2.05) is 23.1 Å². The number of aromatic nitrogens is 2. The van der Waals surface area contributed by atoms with Gasteiger partial charge in [-0.3, -0.25) is 9.78 Å². The van der Waals surface area contributed by atoms with Crippen LogP contribution in [0.4, 0.5) is 0 Å². The van der Waals surface area contributed by atoms with Crippen molar-refractivity contribution in [3.63, 3.8) is 0 Å². The van der Waals surface area contributed by atoms with Crippen LogP contribution in [0.5, 0.6) is 0 Å². The minimum Gasteiger partial charge on any atom is -0.336 e. The number of nitrogens with zero attached hydrogens (tertiary/aromatic N) is 3. The summed E-state index contributed by atoms with van der Waals surface area (Å²) in [5.41, 5.74) is 0.822. The highest BCUT2D eigenvalue weighted by molar-refractivity contribution is 7.16. The lowest BCUT2D eigenvalue weighted by atomic mass is 10.1. The molecule has 0 aromatic carbocycles. The minimum absolute atomic E-state index is 0.106. The molecule has 2 atom stereocenters. The third-order valence-electron chi connectivity index (χ3n) is 4.41. The summed E-state index contributed by atoms with van der Waals surface area (Å²) in [4.78, 5) is 24.1. The normalized spacial score (nSPS) is 24.3. The maximum absolute atomic E-state index is 12.7. The van der Waals surface area contributed by atoms with Gasteiger partial charge in [0.2, 0.25) is 0 Å². The number of nitrogens with one attached hydrogen (secondary N) is 1. The molecule has 4 heterocycles. The van der Waals surface area contributed by atoms with E-state index < -0.39 is 0 Å². The van der Waals surface area contributed by atoms with E-state index in [0.717, 1.165) is 30.2 Å². The predicted octanol–water partition coefficient (Wildman–Crippen LogP) is 2.17. The van der Waals surface area contributed by atoms with Crippen molar-refractivity contribution in [3.05, 3.63) is 35.5 Å². The van der Waals surface area contributed by atoms with Crippen LogP contribution in [-0.4, -0.2) is 45.9 Å². The zero-order valence-electron chi connectivity index (χ0n) is 12.2. The van der Waals surface area contributed by atoms with Gasteiger partial charge in [0.25, 0.3) is 5.91 Å². The third-order valence-corrected chi connectivity index (χ3v) is 5.42. The van der Waals surface area contributed by atoms with Crippen molar-refractivity contribution in [1.29, 1.82) is 0 Å². The molecule has 2 unspecified atom stereocenters. The van der Waals surface area contributed by atoms with E-state index in [0.29, 0.717) is 17.0 Å². The lowest BCUT2D eigenvalue weighted by Gasteiger charge is -2.23. The number of carbonyl (C=O) groups is 1. The summed E-state index contributed by atoms with van der Waals surface area (Å²) in [5.74, 6) is 0.106. The second-order valence-corrected chi connectivity index (χ2v) is 6.95. The lowest BCUT2D eigenvalue weighted by molar-refractivity contribution is 0.0753. The van der Waals surface area contributed by atoms with E-state index in [1.54, 1.807) is 12.4 Å². The first-order valence-electron chi connectivity index (χ1n) is 7.72. The first-order chi connectivity index (χ1) is 10.8. The molecule has 0 saturated carbocycles. The molecule has 6 heteroatoms. The van der Waals surface area contributed by atoms with Gasteiger partial charge in [-0.15, -0.1) is 11.3 Å². The highest BCUT2D eigenvalue weighted by atomic mass is 32.1. The van der Waals surface area contributed by atoms with Crippen molar-refractivity contribution in [2.24, 2.45) is 0 Å². The first kappa shape index (κ1) is 13.8. The molecule has 5 nitrogen and oxygen atoms in total. The molecular formula is C16H18N4OS. The highest BCUT2D eigenvalue weighted by Gasteiger charge is 2.32. The summed E-state index contributed by atoms with van der Waals surface area (Å²) in [6, 6.07) is 6.78. The Labute approximate surface area is 133 Å². The molecule has 2 aliphatic heterocycles. The van der Waals surface area contributed by atoms with Crippen LogP contribution in [0, 0.1) is 0 Å². The molecule has 4 rings (SSSR count). The smallest absolute Gasteiger partial charge is 0.265 e. The summed E-state index contributed by atoms with van der Waals surface area (Å²) in [6.45, 7) is 1.65. The molecular weight excluding hydrogens is 296 g/mol. The van der Waals surface area contributed by atoms with Crippen molar-refractivity contribution >= 4 is 17.2 Å². The van der Waals surface area contributed by atoms with Gasteiger partial charge >= 0.3 is 0 Å². The second-order valence-electron chi connectivity index (χ2n) is 5.92. The molecule has 0 aliphatic carbocycles. The zero-order valence-corrected chi connectivity index (χ0v) is 13.1. The van der Waals surface area contributed by atoms with Gasteiger partial charge in [-0.2, -0.15) is 0 Å². The summed E-state index contributed by atoms with van der Waals surface area (Å²) in [5, 5.41) is 4.41. The summed E-state index contributed by atoms with van der Waals surface area (Å²) < 4.78 is 0. The number of carbonyl (C=O) groups excluding carboxylic acids is 1. The molecule has 22 heavy (non-hydrogen) atoms. The van der Waals surface area contributed by atoms with E-state index in [1.165, 1.54) is 24.2 Å². The largest absolute Gasteiger partial charge is 0.336 e. The Morgan fingerprint density at radius 1 is 1.23 bits per heavy atom. The quantitative estimate of drug-likeness (QED) is 0.923. The van der Waals surface area contributed by atoms with Crippen molar-refractivity contribution in [2.75, 3.05) is 13.1 Å². The Bertz CT molecular complexity index is 672. The van der Waals surface area contributed by atoms with E-state index in [4.69, 9.17) is 0 Å². The van der Waals surface area contributed by atoms with Crippen LogP contribution in [0.3, 0.4) is 0 Å². The van der Waals surface area contributed by atoms with Crippen LogP contribution in [0.2, 0.25) is 0 Å². The zero-order chi connectivity index (χ0) is 14.9. The van der Waals surface area contributed by atoms with Gasteiger partial charge in [0.05, 0.1) is 11.9 Å². The van der Waals surface area contributed by atoms with Crippen molar-refractivity contribution in [3.8, 4) is 10.7 Å². The molecule has 2 bridgehead atoms. The fourth-order valence-corrected chi connectivity index (χ4v) is 4.12. The molecule has 114 valence electrons. The fourth-order valence-electron chi connectivity index (χ4n) is 3.26. The van der Waals surface area contributed by atoms with Crippen molar-refractivity contribution in [2.45, 2.75) is 31.3 Å². The number of hydrogen-bond donors (Lipinski definition) is 1. The molecule has 0 radical (unpaired) electrons. The number of amides is 1. The van der Waals surface area contributed by atoms with Gasteiger partial charge in [0, 0.05) is 31.4 Å². The van der Waals surface area contributed by atoms with Gasteiger partial charge in [0.15, 0.2) is 0 Å². The van der Waals surface area contributed by atoms with Crippen LogP contribution in [0.25, 0.3) is 10.7 Å². The second kappa shape index (κ2) is 5.78. The van der Waals surface area contributed by atoms with Crippen LogP contribution < -0.4 is 5.32 Å². The number of hydrogen-bond acceptors (Lipinski definition) is 5. The molecule has 0 spiro atoms. The Hall–Kier alpha value is -1.79. The van der Waals surface area contributed by atoms with E-state index in [9.17, 15) is 4.79 Å². The maximum Gasteiger partial charge on any atom is 0.265 e. The van der Waals surface area contributed by atoms with E-state index >= 15 is 0 Å². The minimum atomic E-state index is 0.106. The van der Waals surface area contributed by atoms with Gasteiger partial charge in [-0.25, -0.2) is 4.98 Å². The molecule has 2 aromatic heterocycles. The summed E-state index contributed by atoms with van der Waals surface area (Å²) in [6.07, 6.45) is 6.91. The van der Waals surface area contributed by atoms with Gasteiger partial charge in [0.1, 0.15) is 9.88 Å². The van der Waals surface area contributed by atoms with Gasteiger partial charge in [-0.1, -0.05) is 6.07 Å². The standard InChI is InChI=1S/C16H18N4OS/c21-16(20-8-6-11-4-5-12(10-20)19-11)14-9-18-15(22-14)13-3-1-2-7-17-13/h1-3,7,9,11-12,19H,4-6,8,10H2. The molecule has 1 N–H and O–H groups in total. The number of thiazole rings is 1. The summed E-state index contributed by atoms with van der Waals surface area (Å²) >= 11 is 1.43. The van der Waals surface area contributed by atoms with E-state index in [2.05, 4.69) is 15.3 Å². The Kier molecular flexibility index (Phi) is 3.63. The Morgan fingerprint density at radius 2 is 2.14 bits per heavy atom. The third kappa shape index (κ3) is 2.64. The van der Waals surface area contributed by atoms with Crippen LogP contribution in [-0.2, 0) is 0 Å². The number of pyridine rings is 1. The molecule has 2 saturated heterocycles. The first-order valence-corrected chi connectivity index (χ1v) is 8.54. The van der Waals surface area contributed by atoms with Crippen molar-refractivity contribution in [1.82, 2.24) is 20.2 Å². The topological polar surface area (TPSA) is 58.1 Å². The highest BCUT2D eigenvalue weighted by Crippen LogP contribution is 2.26. The van der Waals surface area contributed by atoms with Crippen molar-refractivity contribution < 1.29 is 4.79 Å². The lowest BCUT2D eigenvalue weighted by Crippen LogP contribution is -2.38. The molecule has 2 aliphatic rings. The Balaban J connectivity index is 1.52. The predicted molar refractivity (Wildman–Crippen MR) is 85.8 cm³/mol. The van der Waals surface area contributed by atoms with Crippen LogP contribution in [0.1, 0.15) is 28.9 Å². The van der Waals surface area contributed by atoms with Crippen LogP contribution in [0.15, 0.2) is 30.6 Å². The average Bonchev–Trinajstić information content (AvgIpc) is 3.14. The maximum atomic E-state index is 12.7. The molecule has 2 fully saturated rings. The number of fused-ring (bicyclic) bond motifs is 2. The SMILES string of the molecule is O=C(c1cnc(-c2ccccn2)s1)N1CCC2CCC(C1)N2. The average molecular weight is 314 g/mol. The molecule has 1 amide bonds. The Morgan fingerprint density at radius 3 is 3.00 bits per heavy atom. The molecule has 2 aromatic rings. The van der Waals surface area contributed by atoms with E-state index in [-0.39, 0.29) is 5.91 Å². The van der Waals surface area contributed by atoms with Gasteiger partial charge < -0.3 is 10.2 Å². The fraction of sp³-hybridized carbons (Fsp3) is 0.438.